The van der Waals surface area contributed by atoms with E-state index in [-0.39, 0.29) is 18.0 Å². The lowest BCUT2D eigenvalue weighted by atomic mass is 10.2. The monoisotopic (exact) mass is 401 g/mol. The van der Waals surface area contributed by atoms with Crippen molar-refractivity contribution in [3.05, 3.63) is 6.33 Å². The van der Waals surface area contributed by atoms with Crippen LogP contribution in [0.25, 0.3) is 11.0 Å². The highest BCUT2D eigenvalue weighted by Crippen LogP contribution is 2.35. The lowest BCUT2D eigenvalue weighted by Gasteiger charge is -2.14. The maximum atomic E-state index is 10.9. The summed E-state index contributed by atoms with van der Waals surface area (Å²) in [5, 5.41) is 29.0. The van der Waals surface area contributed by atoms with Gasteiger partial charge in [0.25, 0.3) is 0 Å². The summed E-state index contributed by atoms with van der Waals surface area (Å²) >= 11 is 1.17. The number of nitrogen functional groups attached to an aromatic ring is 1. The van der Waals surface area contributed by atoms with Crippen LogP contribution < -0.4 is 10.9 Å². The van der Waals surface area contributed by atoms with Gasteiger partial charge < -0.3 is 15.6 Å². The Balaban J connectivity index is 1.89. The summed E-state index contributed by atoms with van der Waals surface area (Å²) in [5.41, 5.74) is 6.28. The van der Waals surface area contributed by atoms with Crippen molar-refractivity contribution >= 4 is 38.9 Å². The number of nitrogens with zero attached hydrogens (tertiary/aromatic N) is 5. The molecule has 0 spiro atoms. The van der Waals surface area contributed by atoms with Crippen LogP contribution in [-0.2, 0) is 19.2 Å². The van der Waals surface area contributed by atoms with E-state index in [1.807, 2.05) is 6.07 Å². The maximum absolute atomic E-state index is 10.9. The smallest absolute Gasteiger partial charge is 0.333 e. The van der Waals surface area contributed by atoms with Crippen LogP contribution in [0.3, 0.4) is 0 Å². The molecule has 26 heavy (non-hydrogen) atoms. The fourth-order valence-electron chi connectivity index (χ4n) is 2.54. The molecule has 12 nitrogen and oxygen atoms in total. The Hall–Kier alpha value is -2.02. The third-order valence-corrected chi connectivity index (χ3v) is 4.93. The Labute approximate surface area is 152 Å². The molecule has 0 unspecified atom stereocenters. The number of thioether (sulfide) groups is 1. The summed E-state index contributed by atoms with van der Waals surface area (Å²) in [6, 6.07) is 2.00. The highest BCUT2D eigenvalue weighted by atomic mass is 32.2. The molecule has 0 aromatic carbocycles. The van der Waals surface area contributed by atoms with Gasteiger partial charge in [-0.15, -0.1) is 0 Å². The molecule has 0 bridgehead atoms. The Morgan fingerprint density at radius 3 is 3.00 bits per heavy atom. The van der Waals surface area contributed by atoms with E-state index < -0.39 is 35.3 Å². The zero-order chi connectivity index (χ0) is 18.9. The minimum absolute atomic E-state index is 0.127. The van der Waals surface area contributed by atoms with Crippen LogP contribution in [0.1, 0.15) is 12.6 Å². The lowest BCUT2D eigenvalue weighted by molar-refractivity contribution is -0.0415. The summed E-state index contributed by atoms with van der Waals surface area (Å²) in [4.78, 5) is 8.08. The van der Waals surface area contributed by atoms with Crippen LogP contribution in [0.15, 0.2) is 11.4 Å². The minimum Gasteiger partial charge on any atom is -0.390 e. The Bertz CT molecular complexity index is 957. The van der Waals surface area contributed by atoms with E-state index in [0.29, 0.717) is 16.1 Å². The van der Waals surface area contributed by atoms with Gasteiger partial charge in [-0.3, -0.25) is 4.18 Å². The lowest BCUT2D eigenvalue weighted by Crippen LogP contribution is -2.30. The molecule has 2 aromatic rings. The fraction of sp³-hybridized carbons (Fsp3) is 0.500. The van der Waals surface area contributed by atoms with Gasteiger partial charge in [0.15, 0.2) is 11.9 Å². The summed E-state index contributed by atoms with van der Waals surface area (Å²) in [6.45, 7) is -0.428. The number of anilines is 1. The SMILES string of the molecule is N#CCSc1nn([C@H]2C[C@H](O)[C@@H](COS(N)(=O)=O)O2)c2ncnc(N)c12. The number of aliphatic hydroxyl groups excluding tert-OH is 1. The van der Waals surface area contributed by atoms with Gasteiger partial charge in [0.2, 0.25) is 0 Å². The quantitative estimate of drug-likeness (QED) is 0.497. The van der Waals surface area contributed by atoms with E-state index >= 15 is 0 Å². The molecule has 1 fully saturated rings. The average Bonchev–Trinajstić information content (AvgIpc) is 3.12. The molecule has 3 rings (SSSR count). The molecule has 3 heterocycles. The first-order valence-electron chi connectivity index (χ1n) is 7.29. The number of nitrogens with two attached hydrogens (primary N) is 2. The molecule has 0 amide bonds. The summed E-state index contributed by atoms with van der Waals surface area (Å²) in [7, 11) is -4.15. The summed E-state index contributed by atoms with van der Waals surface area (Å²) in [6.07, 6.45) is -1.24. The van der Waals surface area contributed by atoms with Crippen LogP contribution in [0.2, 0.25) is 0 Å². The predicted octanol–water partition coefficient (Wildman–Crippen LogP) is -1.11. The van der Waals surface area contributed by atoms with Crippen LogP contribution in [0, 0.1) is 11.3 Å². The fourth-order valence-corrected chi connectivity index (χ4v) is 3.55. The summed E-state index contributed by atoms with van der Waals surface area (Å²) < 4.78 is 33.4. The third kappa shape index (κ3) is 3.87. The number of aliphatic hydroxyl groups is 1. The van der Waals surface area contributed by atoms with Gasteiger partial charge in [-0.25, -0.2) is 19.8 Å². The first-order valence-corrected chi connectivity index (χ1v) is 9.75. The second-order valence-electron chi connectivity index (χ2n) is 5.36. The van der Waals surface area contributed by atoms with Crippen molar-refractivity contribution in [2.24, 2.45) is 5.14 Å². The highest BCUT2D eigenvalue weighted by Gasteiger charge is 2.37. The minimum atomic E-state index is -4.15. The van der Waals surface area contributed by atoms with Gasteiger partial charge in [-0.05, 0) is 0 Å². The molecular weight excluding hydrogens is 386 g/mol. The molecule has 0 aliphatic carbocycles. The van der Waals surface area contributed by atoms with Crippen LogP contribution >= 0.6 is 11.8 Å². The number of nitriles is 1. The zero-order valence-electron chi connectivity index (χ0n) is 13.2. The number of hydrogen-bond acceptors (Lipinski definition) is 11. The normalized spacial score (nSPS) is 23.3. The van der Waals surface area contributed by atoms with E-state index in [1.165, 1.54) is 22.8 Å². The van der Waals surface area contributed by atoms with Crippen molar-refractivity contribution in [2.45, 2.75) is 29.9 Å². The van der Waals surface area contributed by atoms with Gasteiger partial charge in [0.1, 0.15) is 23.3 Å². The molecule has 3 atom stereocenters. The van der Waals surface area contributed by atoms with E-state index in [4.69, 9.17) is 20.9 Å². The average molecular weight is 401 g/mol. The maximum Gasteiger partial charge on any atom is 0.333 e. The second-order valence-corrected chi connectivity index (χ2v) is 7.55. The summed E-state index contributed by atoms with van der Waals surface area (Å²) in [5.74, 6) is 0.355. The first kappa shape index (κ1) is 18.8. The van der Waals surface area contributed by atoms with Crippen LogP contribution in [0.5, 0.6) is 0 Å². The molecule has 2 aromatic heterocycles. The Morgan fingerprint density at radius 2 is 2.31 bits per heavy atom. The van der Waals surface area contributed by atoms with Crippen molar-refractivity contribution in [2.75, 3.05) is 18.1 Å². The number of fused-ring (bicyclic) bond motifs is 1. The molecule has 14 heteroatoms. The highest BCUT2D eigenvalue weighted by molar-refractivity contribution is 7.99. The molecule has 0 saturated carbocycles. The van der Waals surface area contributed by atoms with Gasteiger partial charge in [-0.2, -0.15) is 18.8 Å². The molecule has 1 aliphatic heterocycles. The van der Waals surface area contributed by atoms with Gasteiger partial charge >= 0.3 is 10.3 Å². The Morgan fingerprint density at radius 1 is 1.54 bits per heavy atom. The van der Waals surface area contributed by atoms with Gasteiger partial charge in [0.05, 0.1) is 29.9 Å². The first-order chi connectivity index (χ1) is 12.3. The molecule has 5 N–H and O–H groups in total. The third-order valence-electron chi connectivity index (χ3n) is 3.63. The van der Waals surface area contributed by atoms with Crippen molar-refractivity contribution < 1.29 is 22.4 Å². The molecule has 1 aliphatic rings. The van der Waals surface area contributed by atoms with Gasteiger partial charge in [0, 0.05) is 6.42 Å². The Kier molecular flexibility index (Phi) is 5.27. The molecular formula is C12H15N7O5S2. The molecule has 1 saturated heterocycles. The van der Waals surface area contributed by atoms with E-state index in [9.17, 15) is 13.5 Å². The standard InChI is InChI=1S/C12H15N7O5S2/c13-1-2-25-12-9-10(14)16-5-17-11(9)19(18-12)8-3-6(20)7(24-8)4-23-26(15,21)22/h5-8,20H,2-4H2,(H2,14,16,17)(H2,15,21,22)/t6-,7+,8+/m0/s1. The molecule has 140 valence electrons. The van der Waals surface area contributed by atoms with E-state index in [0.717, 1.165) is 0 Å². The van der Waals surface area contributed by atoms with Crippen molar-refractivity contribution in [3.8, 4) is 6.07 Å². The topological polar surface area (TPSA) is 192 Å². The number of ether oxygens (including phenoxy) is 1. The van der Waals surface area contributed by atoms with Crippen LogP contribution in [0.4, 0.5) is 5.82 Å². The number of aromatic nitrogens is 4. The van der Waals surface area contributed by atoms with E-state index in [2.05, 4.69) is 19.2 Å². The molecule has 0 radical (unpaired) electrons. The number of rotatable bonds is 6. The van der Waals surface area contributed by atoms with E-state index in [1.54, 1.807) is 0 Å². The van der Waals surface area contributed by atoms with Crippen LogP contribution in [-0.4, -0.2) is 57.8 Å². The second kappa shape index (κ2) is 7.31. The number of hydrogen-bond donors (Lipinski definition) is 3. The predicted molar refractivity (Wildman–Crippen MR) is 89.7 cm³/mol. The van der Waals surface area contributed by atoms with Crippen molar-refractivity contribution in [1.29, 1.82) is 5.26 Å². The van der Waals surface area contributed by atoms with Gasteiger partial charge in [-0.1, -0.05) is 11.8 Å². The van der Waals surface area contributed by atoms with Crippen molar-refractivity contribution in [3.63, 3.8) is 0 Å². The van der Waals surface area contributed by atoms with Crippen molar-refractivity contribution in [1.82, 2.24) is 19.7 Å². The largest absolute Gasteiger partial charge is 0.390 e. The zero-order valence-corrected chi connectivity index (χ0v) is 14.9.